The molecule has 3 rings (SSSR count). The maximum Gasteiger partial charge on any atom is 0.261 e. The van der Waals surface area contributed by atoms with Gasteiger partial charge in [-0.25, -0.2) is 20.2 Å². The highest BCUT2D eigenvalue weighted by Gasteiger charge is 2.52. The topological polar surface area (TPSA) is 56.3 Å². The predicted molar refractivity (Wildman–Crippen MR) is 89.2 cm³/mol. The van der Waals surface area contributed by atoms with Crippen LogP contribution in [-0.2, 0) is 0 Å². The average molecular weight is 316 g/mol. The highest BCUT2D eigenvalue weighted by molar-refractivity contribution is 5.47. The fourth-order valence-corrected chi connectivity index (χ4v) is 5.52. The Balaban J connectivity index is 2.25. The zero-order chi connectivity index (χ0) is 17.4. The minimum Gasteiger partial charge on any atom is -0.227 e. The summed E-state index contributed by atoms with van der Waals surface area (Å²) < 4.78 is 0. The molecular weight excluding hydrogens is 296 g/mol. The summed E-state index contributed by atoms with van der Waals surface area (Å²) in [6.45, 7) is 19.3. The lowest BCUT2D eigenvalue weighted by Gasteiger charge is -2.41. The predicted octanol–water partition coefficient (Wildman–Crippen LogP) is 4.72. The Morgan fingerprint density at radius 1 is 0.792 bits per heavy atom. The van der Waals surface area contributed by atoms with E-state index < -0.39 is 0 Å². The molecule has 0 spiro atoms. The molecule has 120 valence electrons. The van der Waals surface area contributed by atoms with Crippen LogP contribution in [0.5, 0.6) is 0 Å². The van der Waals surface area contributed by atoms with Crippen LogP contribution in [0.15, 0.2) is 22.5 Å². The third kappa shape index (κ3) is 2.31. The van der Waals surface area contributed by atoms with E-state index in [0.29, 0.717) is 11.8 Å². The third-order valence-electron chi connectivity index (χ3n) is 6.18. The van der Waals surface area contributed by atoms with Crippen molar-refractivity contribution in [2.24, 2.45) is 35.5 Å². The van der Waals surface area contributed by atoms with Gasteiger partial charge in [-0.1, -0.05) is 13.8 Å². The zero-order valence-electron chi connectivity index (χ0n) is 14.1. The van der Waals surface area contributed by atoms with E-state index in [1.807, 2.05) is 0 Å². The van der Waals surface area contributed by atoms with Crippen LogP contribution >= 0.6 is 0 Å². The summed E-state index contributed by atoms with van der Waals surface area (Å²) in [6.07, 6.45) is 3.83. The van der Waals surface area contributed by atoms with E-state index in [4.69, 9.17) is 13.1 Å². The van der Waals surface area contributed by atoms with Crippen molar-refractivity contribution in [3.63, 3.8) is 0 Å². The first kappa shape index (κ1) is 16.3. The van der Waals surface area contributed by atoms with Crippen molar-refractivity contribution in [2.75, 3.05) is 0 Å². The van der Waals surface area contributed by atoms with E-state index in [-0.39, 0.29) is 35.1 Å². The number of fused-ring (bicyclic) bond motifs is 2. The number of hydrogen-bond donors (Lipinski definition) is 0. The molecule has 4 heteroatoms. The second kappa shape index (κ2) is 6.15. The van der Waals surface area contributed by atoms with Crippen molar-refractivity contribution in [1.82, 2.24) is 0 Å². The number of nitriles is 2. The smallest absolute Gasteiger partial charge is 0.227 e. The SMILES string of the molecule is [C-]#[N+]C(C#N)=C1C2CC(C)CC2C(=C(C#N)[N+]#[C-])C2CC(C)CC12. The first-order chi connectivity index (χ1) is 11.5. The molecule has 0 aromatic rings. The van der Waals surface area contributed by atoms with Gasteiger partial charge in [0.05, 0.1) is 25.3 Å². The van der Waals surface area contributed by atoms with Gasteiger partial charge in [0.1, 0.15) is 0 Å². The van der Waals surface area contributed by atoms with Gasteiger partial charge in [-0.2, -0.15) is 0 Å². The molecule has 0 aliphatic heterocycles. The number of rotatable bonds is 0. The molecule has 3 aliphatic carbocycles. The lowest BCUT2D eigenvalue weighted by molar-refractivity contribution is 0.313. The van der Waals surface area contributed by atoms with Crippen LogP contribution in [0.25, 0.3) is 9.69 Å². The monoisotopic (exact) mass is 316 g/mol. The van der Waals surface area contributed by atoms with Crippen LogP contribution in [0.2, 0.25) is 0 Å². The van der Waals surface area contributed by atoms with Crippen molar-refractivity contribution in [3.8, 4) is 12.1 Å². The lowest BCUT2D eigenvalue weighted by Crippen LogP contribution is -2.32. The maximum absolute atomic E-state index is 9.48. The van der Waals surface area contributed by atoms with Crippen molar-refractivity contribution in [3.05, 3.63) is 45.4 Å². The molecule has 0 N–H and O–H groups in total. The normalized spacial score (nSPS) is 36.6. The quantitative estimate of drug-likeness (QED) is 0.479. The first-order valence-corrected chi connectivity index (χ1v) is 8.58. The van der Waals surface area contributed by atoms with Crippen LogP contribution in [0.1, 0.15) is 39.5 Å². The molecule has 0 aromatic carbocycles. The van der Waals surface area contributed by atoms with Crippen LogP contribution in [0, 0.1) is 71.3 Å². The molecule has 0 heterocycles. The minimum absolute atomic E-state index is 0.162. The molecule has 0 aromatic heterocycles. The molecule has 3 fully saturated rings. The fourth-order valence-electron chi connectivity index (χ4n) is 5.52. The third-order valence-corrected chi connectivity index (χ3v) is 6.18. The Hall–Kier alpha value is -2.56. The van der Waals surface area contributed by atoms with Crippen LogP contribution in [-0.4, -0.2) is 0 Å². The first-order valence-electron chi connectivity index (χ1n) is 8.58. The van der Waals surface area contributed by atoms with E-state index in [1.165, 1.54) is 0 Å². The van der Waals surface area contributed by atoms with Gasteiger partial charge in [0.25, 0.3) is 11.4 Å². The zero-order valence-corrected chi connectivity index (χ0v) is 14.1. The van der Waals surface area contributed by atoms with Crippen molar-refractivity contribution in [2.45, 2.75) is 39.5 Å². The summed E-state index contributed by atoms with van der Waals surface area (Å²) in [6, 6.07) is 4.26. The molecule has 4 atom stereocenters. The average Bonchev–Trinajstić information content (AvgIpc) is 3.12. The number of allylic oxidation sites excluding steroid dienone is 4. The minimum atomic E-state index is 0.162. The summed E-state index contributed by atoms with van der Waals surface area (Å²) in [5.41, 5.74) is 2.62. The second-order valence-electron chi connectivity index (χ2n) is 7.63. The highest BCUT2D eigenvalue weighted by Crippen LogP contribution is 2.61. The number of nitrogens with zero attached hydrogens (tertiary/aromatic N) is 4. The fraction of sp³-hybridized carbons (Fsp3) is 0.600. The van der Waals surface area contributed by atoms with E-state index in [2.05, 4.69) is 35.7 Å². The van der Waals surface area contributed by atoms with Crippen molar-refractivity contribution < 1.29 is 0 Å². The van der Waals surface area contributed by atoms with Gasteiger partial charge in [0.2, 0.25) is 0 Å². The Labute approximate surface area is 143 Å². The number of hydrogen-bond acceptors (Lipinski definition) is 2. The molecule has 3 saturated carbocycles. The Morgan fingerprint density at radius 3 is 1.29 bits per heavy atom. The molecule has 3 aliphatic rings. The summed E-state index contributed by atoms with van der Waals surface area (Å²) in [4.78, 5) is 7.08. The Bertz CT molecular complexity index is 661. The molecule has 0 bridgehead atoms. The maximum atomic E-state index is 9.48. The summed E-state index contributed by atoms with van der Waals surface area (Å²) in [7, 11) is 0. The van der Waals surface area contributed by atoms with E-state index >= 15 is 0 Å². The van der Waals surface area contributed by atoms with E-state index in [9.17, 15) is 10.5 Å². The van der Waals surface area contributed by atoms with Crippen LogP contribution in [0.4, 0.5) is 0 Å². The molecule has 4 nitrogen and oxygen atoms in total. The van der Waals surface area contributed by atoms with E-state index in [1.54, 1.807) is 0 Å². The molecule has 0 saturated heterocycles. The van der Waals surface area contributed by atoms with Gasteiger partial charge in [0, 0.05) is 0 Å². The molecule has 0 amide bonds. The summed E-state index contributed by atoms with van der Waals surface area (Å²) in [5.74, 6) is 1.65. The van der Waals surface area contributed by atoms with Gasteiger partial charge >= 0.3 is 0 Å². The van der Waals surface area contributed by atoms with Crippen LogP contribution < -0.4 is 0 Å². The summed E-state index contributed by atoms with van der Waals surface area (Å²) in [5, 5.41) is 19.0. The van der Waals surface area contributed by atoms with E-state index in [0.717, 1.165) is 36.8 Å². The van der Waals surface area contributed by atoms with Crippen LogP contribution in [0.3, 0.4) is 0 Å². The molecule has 0 radical (unpaired) electrons. The van der Waals surface area contributed by atoms with Crippen molar-refractivity contribution >= 4 is 0 Å². The lowest BCUT2D eigenvalue weighted by atomic mass is 9.63. The van der Waals surface area contributed by atoms with Gasteiger partial charge in [-0.05, 0) is 72.3 Å². The largest absolute Gasteiger partial charge is 0.261 e. The standard InChI is InChI=1S/C20H20N4/c1-11-5-13-14(6-11)20(18(10-22)24-4)16-8-12(2)7-15(16)19(13)17(9-21)23-3/h11-16H,5-8H2,1-2H3. The van der Waals surface area contributed by atoms with Gasteiger partial charge in [0.15, 0.2) is 0 Å². The van der Waals surface area contributed by atoms with Gasteiger partial charge in [-0.3, -0.25) is 0 Å². The Morgan fingerprint density at radius 2 is 1.08 bits per heavy atom. The van der Waals surface area contributed by atoms with Gasteiger partial charge < -0.3 is 0 Å². The Kier molecular flexibility index (Phi) is 4.18. The summed E-state index contributed by atoms with van der Waals surface area (Å²) >= 11 is 0. The molecule has 4 unspecified atom stereocenters. The molecular formula is C20H20N4. The van der Waals surface area contributed by atoms with Crippen molar-refractivity contribution in [1.29, 1.82) is 10.5 Å². The highest BCUT2D eigenvalue weighted by atomic mass is 14.7. The molecule has 24 heavy (non-hydrogen) atoms. The van der Waals surface area contributed by atoms with Gasteiger partial charge in [-0.15, -0.1) is 0 Å². The second-order valence-corrected chi connectivity index (χ2v) is 7.63.